The highest BCUT2D eigenvalue weighted by Gasteiger charge is 2.06. The Morgan fingerprint density at radius 2 is 1.95 bits per heavy atom. The zero-order valence-corrected chi connectivity index (χ0v) is 15.8. The van der Waals surface area contributed by atoms with Gasteiger partial charge in [0.2, 0.25) is 0 Å². The van der Waals surface area contributed by atoms with Gasteiger partial charge in [0.1, 0.15) is 5.75 Å². The van der Waals surface area contributed by atoms with Crippen LogP contribution in [0.5, 0.6) is 5.75 Å². The molecule has 0 spiro atoms. The third-order valence-corrected chi connectivity index (χ3v) is 2.68. The van der Waals surface area contributed by atoms with Crippen molar-refractivity contribution >= 4 is 35.8 Å². The Morgan fingerprint density at radius 3 is 2.55 bits per heavy atom. The van der Waals surface area contributed by atoms with Crippen molar-refractivity contribution in [2.45, 2.75) is 19.9 Å². The number of halogens is 1. The van der Waals surface area contributed by atoms with Crippen LogP contribution in [0.4, 0.5) is 0 Å². The van der Waals surface area contributed by atoms with Crippen molar-refractivity contribution in [3.8, 4) is 5.75 Å². The van der Waals surface area contributed by atoms with E-state index in [0.29, 0.717) is 30.4 Å². The van der Waals surface area contributed by atoms with Gasteiger partial charge in [-0.05, 0) is 32.0 Å². The Bertz CT molecular complexity index is 492. The number of aliphatic imine (C=N–C) groups is 1. The molecule has 0 aliphatic carbocycles. The highest BCUT2D eigenvalue weighted by Crippen LogP contribution is 2.11. The topological polar surface area (TPSA) is 74.8 Å². The fourth-order valence-electron chi connectivity index (χ4n) is 1.69. The van der Waals surface area contributed by atoms with Gasteiger partial charge < -0.3 is 20.7 Å². The number of amides is 1. The second-order valence-electron chi connectivity index (χ2n) is 4.79. The van der Waals surface area contributed by atoms with Gasteiger partial charge in [0, 0.05) is 31.7 Å². The van der Waals surface area contributed by atoms with E-state index in [1.165, 1.54) is 0 Å². The first-order chi connectivity index (χ1) is 10.1. The standard InChI is InChI=1S/C15H24N4O2.HI/c1-11(2)19-15(16-3)18-9-8-17-14(20)12-6-5-7-13(10-12)21-4;/h5-7,10-11H,8-9H2,1-4H3,(H,17,20)(H2,16,18,19);1H. The summed E-state index contributed by atoms with van der Waals surface area (Å²) in [5.41, 5.74) is 0.582. The van der Waals surface area contributed by atoms with Crippen molar-refractivity contribution in [3.63, 3.8) is 0 Å². The van der Waals surface area contributed by atoms with E-state index in [-0.39, 0.29) is 29.9 Å². The quantitative estimate of drug-likeness (QED) is 0.283. The third kappa shape index (κ3) is 7.48. The minimum Gasteiger partial charge on any atom is -0.497 e. The van der Waals surface area contributed by atoms with Crippen molar-refractivity contribution in [1.82, 2.24) is 16.0 Å². The van der Waals surface area contributed by atoms with Crippen LogP contribution in [0.3, 0.4) is 0 Å². The Hall–Kier alpha value is -1.51. The summed E-state index contributed by atoms with van der Waals surface area (Å²) < 4.78 is 5.10. The van der Waals surface area contributed by atoms with Crippen molar-refractivity contribution in [2.24, 2.45) is 4.99 Å². The lowest BCUT2D eigenvalue weighted by atomic mass is 10.2. The molecule has 124 valence electrons. The van der Waals surface area contributed by atoms with Gasteiger partial charge in [-0.15, -0.1) is 24.0 Å². The number of carbonyl (C=O) groups excluding carboxylic acids is 1. The second-order valence-corrected chi connectivity index (χ2v) is 4.79. The molecule has 0 aliphatic heterocycles. The molecule has 3 N–H and O–H groups in total. The Morgan fingerprint density at radius 1 is 1.27 bits per heavy atom. The molecule has 0 saturated heterocycles. The fourth-order valence-corrected chi connectivity index (χ4v) is 1.69. The van der Waals surface area contributed by atoms with Crippen LogP contribution in [0.2, 0.25) is 0 Å². The summed E-state index contributed by atoms with van der Waals surface area (Å²) in [6.07, 6.45) is 0. The van der Waals surface area contributed by atoms with E-state index in [9.17, 15) is 4.79 Å². The number of hydrogen-bond donors (Lipinski definition) is 3. The normalized spacial score (nSPS) is 10.7. The lowest BCUT2D eigenvalue weighted by Crippen LogP contribution is -2.44. The fraction of sp³-hybridized carbons (Fsp3) is 0.467. The number of carbonyl (C=O) groups is 1. The first-order valence-electron chi connectivity index (χ1n) is 6.96. The highest BCUT2D eigenvalue weighted by atomic mass is 127. The molecule has 1 aromatic carbocycles. The van der Waals surface area contributed by atoms with E-state index in [2.05, 4.69) is 20.9 Å². The molecule has 0 fully saturated rings. The molecule has 0 atom stereocenters. The molecule has 22 heavy (non-hydrogen) atoms. The molecule has 0 saturated carbocycles. The average Bonchev–Trinajstić information content (AvgIpc) is 2.49. The largest absolute Gasteiger partial charge is 0.497 e. The van der Waals surface area contributed by atoms with E-state index >= 15 is 0 Å². The number of benzene rings is 1. The molecule has 0 bridgehead atoms. The van der Waals surface area contributed by atoms with Crippen LogP contribution in [0.25, 0.3) is 0 Å². The summed E-state index contributed by atoms with van der Waals surface area (Å²) in [7, 11) is 3.29. The SMILES string of the molecule is CN=C(NCCNC(=O)c1cccc(OC)c1)NC(C)C.I. The van der Waals surface area contributed by atoms with Crippen LogP contribution in [-0.2, 0) is 0 Å². The maximum absolute atomic E-state index is 12.0. The first kappa shape index (κ1) is 20.5. The summed E-state index contributed by atoms with van der Waals surface area (Å²) in [5.74, 6) is 1.27. The number of hydrogen-bond acceptors (Lipinski definition) is 3. The molecular formula is C15H25IN4O2. The number of methoxy groups -OCH3 is 1. The van der Waals surface area contributed by atoms with E-state index in [0.717, 1.165) is 5.96 Å². The lowest BCUT2D eigenvalue weighted by molar-refractivity contribution is 0.0954. The first-order valence-corrected chi connectivity index (χ1v) is 6.96. The molecule has 0 radical (unpaired) electrons. The highest BCUT2D eigenvalue weighted by molar-refractivity contribution is 14.0. The maximum Gasteiger partial charge on any atom is 0.251 e. The number of nitrogens with zero attached hydrogens (tertiary/aromatic N) is 1. The number of guanidine groups is 1. The minimum atomic E-state index is -0.123. The number of nitrogens with one attached hydrogen (secondary N) is 3. The van der Waals surface area contributed by atoms with E-state index < -0.39 is 0 Å². The Labute approximate surface area is 149 Å². The maximum atomic E-state index is 12.0. The van der Waals surface area contributed by atoms with Crippen molar-refractivity contribution < 1.29 is 9.53 Å². The summed E-state index contributed by atoms with van der Waals surface area (Å²) in [5, 5.41) is 9.15. The number of rotatable bonds is 6. The molecule has 1 rings (SSSR count). The average molecular weight is 420 g/mol. The molecule has 0 heterocycles. The summed E-state index contributed by atoms with van der Waals surface area (Å²) >= 11 is 0. The van der Waals surface area contributed by atoms with Crippen LogP contribution in [0.1, 0.15) is 24.2 Å². The van der Waals surface area contributed by atoms with Crippen LogP contribution in [0, 0.1) is 0 Å². The van der Waals surface area contributed by atoms with E-state index in [1.807, 2.05) is 13.8 Å². The molecule has 0 aromatic heterocycles. The van der Waals surface area contributed by atoms with E-state index in [1.54, 1.807) is 38.4 Å². The van der Waals surface area contributed by atoms with Gasteiger partial charge in [0.25, 0.3) is 5.91 Å². The van der Waals surface area contributed by atoms with Gasteiger partial charge in [-0.3, -0.25) is 9.79 Å². The van der Waals surface area contributed by atoms with Crippen LogP contribution in [0.15, 0.2) is 29.3 Å². The van der Waals surface area contributed by atoms with Crippen LogP contribution < -0.4 is 20.7 Å². The molecule has 6 nitrogen and oxygen atoms in total. The summed E-state index contributed by atoms with van der Waals surface area (Å²) in [6, 6.07) is 7.37. The molecular weight excluding hydrogens is 395 g/mol. The minimum absolute atomic E-state index is 0. The van der Waals surface area contributed by atoms with Crippen LogP contribution >= 0.6 is 24.0 Å². The molecule has 1 amide bonds. The van der Waals surface area contributed by atoms with Gasteiger partial charge in [-0.1, -0.05) is 6.07 Å². The summed E-state index contributed by atoms with van der Waals surface area (Å²) in [4.78, 5) is 16.1. The van der Waals surface area contributed by atoms with Gasteiger partial charge in [-0.2, -0.15) is 0 Å². The molecule has 7 heteroatoms. The lowest BCUT2D eigenvalue weighted by Gasteiger charge is -2.14. The van der Waals surface area contributed by atoms with Gasteiger partial charge in [0.05, 0.1) is 7.11 Å². The second kappa shape index (κ2) is 11.1. The Balaban J connectivity index is 0.00000441. The third-order valence-electron chi connectivity index (χ3n) is 2.68. The molecule has 0 unspecified atom stereocenters. The monoisotopic (exact) mass is 420 g/mol. The molecule has 0 aliphatic rings. The predicted octanol–water partition coefficient (Wildman–Crippen LogP) is 1.62. The number of ether oxygens (including phenoxy) is 1. The van der Waals surface area contributed by atoms with Crippen LogP contribution in [-0.4, -0.2) is 45.2 Å². The van der Waals surface area contributed by atoms with Crippen molar-refractivity contribution in [1.29, 1.82) is 0 Å². The summed E-state index contributed by atoms with van der Waals surface area (Å²) in [6.45, 7) is 5.19. The van der Waals surface area contributed by atoms with Gasteiger partial charge in [-0.25, -0.2) is 0 Å². The van der Waals surface area contributed by atoms with Gasteiger partial charge in [0.15, 0.2) is 5.96 Å². The predicted molar refractivity (Wildman–Crippen MR) is 100 cm³/mol. The van der Waals surface area contributed by atoms with E-state index in [4.69, 9.17) is 4.74 Å². The van der Waals surface area contributed by atoms with Crippen molar-refractivity contribution in [2.75, 3.05) is 27.2 Å². The zero-order chi connectivity index (χ0) is 15.7. The smallest absolute Gasteiger partial charge is 0.251 e. The molecule has 1 aromatic rings. The van der Waals surface area contributed by atoms with Gasteiger partial charge >= 0.3 is 0 Å². The Kier molecular flexibility index (Phi) is 10.3. The van der Waals surface area contributed by atoms with Crippen molar-refractivity contribution in [3.05, 3.63) is 29.8 Å². The zero-order valence-electron chi connectivity index (χ0n) is 13.5.